The van der Waals surface area contributed by atoms with Gasteiger partial charge in [-0.15, -0.1) is 10.2 Å². The van der Waals surface area contributed by atoms with Gasteiger partial charge in [0.2, 0.25) is 0 Å². The van der Waals surface area contributed by atoms with Crippen LogP contribution in [0.25, 0.3) is 0 Å². The first-order valence-corrected chi connectivity index (χ1v) is 7.47. The molecule has 16 heavy (non-hydrogen) atoms. The Morgan fingerprint density at radius 2 is 2.19 bits per heavy atom. The van der Waals surface area contributed by atoms with Crippen molar-refractivity contribution >= 4 is 21.6 Å². The van der Waals surface area contributed by atoms with Crippen LogP contribution in [0.15, 0.2) is 9.95 Å². The zero-order valence-electron chi connectivity index (χ0n) is 8.63. The molecular weight excluding hydrogens is 250 g/mol. The van der Waals surface area contributed by atoms with Crippen LogP contribution in [0.1, 0.15) is 12.1 Å². The Morgan fingerprint density at radius 3 is 2.75 bits per heavy atom. The second-order valence-corrected chi connectivity index (χ2v) is 7.21. The number of nitrogens with zero attached hydrogens (tertiary/aromatic N) is 2. The van der Waals surface area contributed by atoms with Crippen LogP contribution in [0.2, 0.25) is 0 Å². The highest BCUT2D eigenvalue weighted by molar-refractivity contribution is 8.01. The van der Waals surface area contributed by atoms with Gasteiger partial charge in [0.15, 0.2) is 15.0 Å². The molecule has 1 N–H and O–H groups in total. The van der Waals surface area contributed by atoms with Gasteiger partial charge in [0.05, 0.1) is 11.5 Å². The predicted octanol–water partition coefficient (Wildman–Crippen LogP) is -0.247. The maximum Gasteiger partial charge on any atom is 0.273 e. The first kappa shape index (κ1) is 11.6. The molecule has 0 bridgehead atoms. The number of H-pyrrole nitrogens is 1. The summed E-state index contributed by atoms with van der Waals surface area (Å²) in [5.41, 5.74) is 0.0294. The molecule has 1 atom stereocenters. The molecule has 1 aromatic heterocycles. The molecular formula is C8H11N3O3S2. The normalized spacial score (nSPS) is 23.4. The van der Waals surface area contributed by atoms with E-state index in [0.29, 0.717) is 17.3 Å². The topological polar surface area (TPSA) is 92.8 Å². The van der Waals surface area contributed by atoms with Crippen molar-refractivity contribution in [2.24, 2.45) is 0 Å². The summed E-state index contributed by atoms with van der Waals surface area (Å²) in [6.45, 7) is 1.57. The molecule has 0 spiro atoms. The number of rotatable bonds is 2. The first-order chi connectivity index (χ1) is 7.46. The maximum absolute atomic E-state index is 11.3. The van der Waals surface area contributed by atoms with E-state index in [9.17, 15) is 13.2 Å². The van der Waals surface area contributed by atoms with E-state index in [1.54, 1.807) is 6.92 Å². The summed E-state index contributed by atoms with van der Waals surface area (Å²) in [6, 6.07) is 0. The summed E-state index contributed by atoms with van der Waals surface area (Å²) >= 11 is 1.27. The second-order valence-electron chi connectivity index (χ2n) is 3.69. The standard InChI is InChI=1S/C8H11N3O3S2/c1-5-7(12)9-8(11-10-5)15-6-2-3-16(13,14)4-6/h6H,2-4H2,1H3,(H,9,11,12)/t6-/m1/s1. The Balaban J connectivity index is 2.11. The summed E-state index contributed by atoms with van der Waals surface area (Å²) in [5, 5.41) is 7.86. The van der Waals surface area contributed by atoms with E-state index in [1.807, 2.05) is 0 Å². The molecule has 0 aromatic carbocycles. The van der Waals surface area contributed by atoms with E-state index >= 15 is 0 Å². The van der Waals surface area contributed by atoms with Gasteiger partial charge < -0.3 is 0 Å². The Morgan fingerprint density at radius 1 is 1.44 bits per heavy atom. The molecule has 2 rings (SSSR count). The van der Waals surface area contributed by atoms with Gasteiger partial charge in [-0.1, -0.05) is 11.8 Å². The van der Waals surface area contributed by atoms with Crippen molar-refractivity contribution in [1.82, 2.24) is 15.2 Å². The first-order valence-electron chi connectivity index (χ1n) is 4.77. The average Bonchev–Trinajstić information content (AvgIpc) is 2.52. The van der Waals surface area contributed by atoms with Crippen molar-refractivity contribution in [3.05, 3.63) is 16.0 Å². The van der Waals surface area contributed by atoms with Crippen molar-refractivity contribution in [3.8, 4) is 0 Å². The molecule has 0 amide bonds. The molecule has 88 valence electrons. The summed E-state index contributed by atoms with van der Waals surface area (Å²) in [6.07, 6.45) is 0.602. The Labute approximate surface area is 96.8 Å². The highest BCUT2D eigenvalue weighted by Crippen LogP contribution is 2.27. The molecule has 1 aromatic rings. The lowest BCUT2D eigenvalue weighted by Gasteiger charge is -2.04. The highest BCUT2D eigenvalue weighted by atomic mass is 32.2. The lowest BCUT2D eigenvalue weighted by atomic mass is 10.4. The maximum atomic E-state index is 11.3. The number of aryl methyl sites for hydroxylation is 1. The fourth-order valence-corrected chi connectivity index (χ4v) is 4.82. The van der Waals surface area contributed by atoms with Gasteiger partial charge in [0, 0.05) is 5.25 Å². The van der Waals surface area contributed by atoms with Crippen molar-refractivity contribution in [3.63, 3.8) is 0 Å². The fourth-order valence-electron chi connectivity index (χ4n) is 1.44. The van der Waals surface area contributed by atoms with E-state index in [0.717, 1.165) is 0 Å². The number of thioether (sulfide) groups is 1. The minimum absolute atomic E-state index is 0.0299. The number of hydrogen-bond acceptors (Lipinski definition) is 6. The molecule has 1 fully saturated rings. The number of nitrogens with one attached hydrogen (secondary N) is 1. The smallest absolute Gasteiger partial charge is 0.273 e. The lowest BCUT2D eigenvalue weighted by Crippen LogP contribution is -2.16. The van der Waals surface area contributed by atoms with Gasteiger partial charge in [-0.05, 0) is 13.3 Å². The van der Waals surface area contributed by atoms with Gasteiger partial charge in [0.1, 0.15) is 5.69 Å². The van der Waals surface area contributed by atoms with Gasteiger partial charge in [0.25, 0.3) is 5.56 Å². The number of aromatic nitrogens is 3. The largest absolute Gasteiger partial charge is 0.298 e. The molecule has 0 radical (unpaired) electrons. The second kappa shape index (κ2) is 4.17. The van der Waals surface area contributed by atoms with Crippen LogP contribution in [0.5, 0.6) is 0 Å². The van der Waals surface area contributed by atoms with Crippen LogP contribution in [-0.2, 0) is 9.84 Å². The monoisotopic (exact) mass is 261 g/mol. The third-order valence-electron chi connectivity index (χ3n) is 2.31. The fraction of sp³-hybridized carbons (Fsp3) is 0.625. The Hall–Kier alpha value is -0.890. The molecule has 1 saturated heterocycles. The summed E-state index contributed by atoms with van der Waals surface area (Å²) in [7, 11) is -2.89. The van der Waals surface area contributed by atoms with E-state index < -0.39 is 9.84 Å². The molecule has 1 aliphatic heterocycles. The van der Waals surface area contributed by atoms with Gasteiger partial charge in [-0.25, -0.2) is 8.42 Å². The van der Waals surface area contributed by atoms with Crippen LogP contribution < -0.4 is 5.56 Å². The van der Waals surface area contributed by atoms with Crippen molar-refractivity contribution in [2.75, 3.05) is 11.5 Å². The SMILES string of the molecule is Cc1nnc(S[C@@H]2CCS(=O)(=O)C2)[nH]c1=O. The van der Waals surface area contributed by atoms with Crippen molar-refractivity contribution < 1.29 is 8.42 Å². The van der Waals surface area contributed by atoms with Crippen LogP contribution in [-0.4, -0.2) is 40.4 Å². The average molecular weight is 261 g/mol. The molecule has 2 heterocycles. The third kappa shape index (κ3) is 2.62. The van der Waals surface area contributed by atoms with Gasteiger partial charge in [-0.2, -0.15) is 0 Å². The van der Waals surface area contributed by atoms with E-state index in [2.05, 4.69) is 15.2 Å². The number of aromatic amines is 1. The Bertz CT molecular complexity index is 552. The van der Waals surface area contributed by atoms with E-state index in [-0.39, 0.29) is 22.3 Å². The predicted molar refractivity (Wildman–Crippen MR) is 60.3 cm³/mol. The quantitative estimate of drug-likeness (QED) is 0.789. The summed E-state index contributed by atoms with van der Waals surface area (Å²) in [4.78, 5) is 13.8. The van der Waals surface area contributed by atoms with Crippen LogP contribution in [0, 0.1) is 6.92 Å². The molecule has 1 aliphatic rings. The summed E-state index contributed by atoms with van der Waals surface area (Å²) in [5.74, 6) is 0.365. The molecule has 0 unspecified atom stereocenters. The van der Waals surface area contributed by atoms with Crippen molar-refractivity contribution in [2.45, 2.75) is 23.8 Å². The minimum atomic E-state index is -2.89. The van der Waals surface area contributed by atoms with E-state index in [1.165, 1.54) is 11.8 Å². The zero-order chi connectivity index (χ0) is 11.8. The molecule has 8 heteroatoms. The number of hydrogen-bond donors (Lipinski definition) is 1. The zero-order valence-corrected chi connectivity index (χ0v) is 10.3. The van der Waals surface area contributed by atoms with Crippen LogP contribution >= 0.6 is 11.8 Å². The minimum Gasteiger partial charge on any atom is -0.298 e. The van der Waals surface area contributed by atoms with Gasteiger partial charge in [-0.3, -0.25) is 9.78 Å². The molecule has 0 aliphatic carbocycles. The molecule has 6 nitrogen and oxygen atoms in total. The van der Waals surface area contributed by atoms with Crippen LogP contribution in [0.3, 0.4) is 0 Å². The highest BCUT2D eigenvalue weighted by Gasteiger charge is 2.29. The van der Waals surface area contributed by atoms with Crippen molar-refractivity contribution in [1.29, 1.82) is 0 Å². The Kier molecular flexibility index (Phi) is 3.02. The van der Waals surface area contributed by atoms with Gasteiger partial charge >= 0.3 is 0 Å². The lowest BCUT2D eigenvalue weighted by molar-refractivity contribution is 0.602. The summed E-state index contributed by atoms with van der Waals surface area (Å²) < 4.78 is 22.5. The van der Waals surface area contributed by atoms with E-state index in [4.69, 9.17) is 0 Å². The third-order valence-corrected chi connectivity index (χ3v) is 5.43. The molecule has 0 saturated carbocycles. The number of sulfone groups is 1. The van der Waals surface area contributed by atoms with Crippen LogP contribution in [0.4, 0.5) is 0 Å².